The highest BCUT2D eigenvalue weighted by Crippen LogP contribution is 2.13. The number of hydrogen-bond acceptors (Lipinski definition) is 5. The van der Waals surface area contributed by atoms with Crippen LogP contribution in [0, 0.1) is 0 Å². The smallest absolute Gasteiger partial charge is 0.270 e. The maximum atomic E-state index is 12.6. The Morgan fingerprint density at radius 2 is 1.40 bits per heavy atom. The Hall–Kier alpha value is -1.66. The summed E-state index contributed by atoms with van der Waals surface area (Å²) in [6.45, 7) is 4.98. The number of morpholine rings is 2. The third-order valence-electron chi connectivity index (χ3n) is 3.31. The third kappa shape index (κ3) is 3.91. The Balaban J connectivity index is 2.11. The average molecular weight is 280 g/mol. The summed E-state index contributed by atoms with van der Waals surface area (Å²) in [6, 6.07) is 0. The second-order valence-electron chi connectivity index (χ2n) is 4.58. The van der Waals surface area contributed by atoms with Crippen LogP contribution in [-0.4, -0.2) is 74.6 Å². The van der Waals surface area contributed by atoms with E-state index < -0.39 is 0 Å². The standard InChI is InChI=1S/C14H20N2O4/c17-8-2-1-3-13(15-4-9-19-10-5-15)14(18)16-6-11-20-12-7-16/h1-3,8H,4-7,9-12H2. The Bertz CT molecular complexity index is 394. The summed E-state index contributed by atoms with van der Waals surface area (Å²) in [5.41, 5.74) is 0.619. The third-order valence-corrected chi connectivity index (χ3v) is 3.31. The number of rotatable bonds is 4. The van der Waals surface area contributed by atoms with Crippen molar-refractivity contribution in [1.82, 2.24) is 9.80 Å². The monoisotopic (exact) mass is 280 g/mol. The van der Waals surface area contributed by atoms with Gasteiger partial charge in [-0.15, -0.1) is 0 Å². The molecule has 0 bridgehead atoms. The fourth-order valence-corrected chi connectivity index (χ4v) is 2.24. The van der Waals surface area contributed by atoms with Crippen LogP contribution in [0.15, 0.2) is 23.9 Å². The zero-order chi connectivity index (χ0) is 14.2. The summed E-state index contributed by atoms with van der Waals surface area (Å²) in [6.07, 6.45) is 5.40. The van der Waals surface area contributed by atoms with Crippen LogP contribution in [-0.2, 0) is 19.1 Å². The Labute approximate surface area is 118 Å². The molecular formula is C14H20N2O4. The van der Waals surface area contributed by atoms with E-state index in [-0.39, 0.29) is 5.91 Å². The van der Waals surface area contributed by atoms with Gasteiger partial charge in [-0.05, 0) is 12.2 Å². The molecule has 2 fully saturated rings. The molecule has 0 aliphatic carbocycles. The van der Waals surface area contributed by atoms with Crippen molar-refractivity contribution >= 4 is 12.2 Å². The summed E-state index contributed by atoms with van der Waals surface area (Å²) >= 11 is 0. The molecule has 2 heterocycles. The van der Waals surface area contributed by atoms with E-state index in [1.807, 2.05) is 4.90 Å². The van der Waals surface area contributed by atoms with Crippen molar-refractivity contribution in [2.45, 2.75) is 0 Å². The van der Waals surface area contributed by atoms with Crippen molar-refractivity contribution in [3.8, 4) is 0 Å². The van der Waals surface area contributed by atoms with Crippen LogP contribution < -0.4 is 0 Å². The highest BCUT2D eigenvalue weighted by atomic mass is 16.5. The molecule has 0 spiro atoms. The summed E-state index contributed by atoms with van der Waals surface area (Å²) in [5.74, 6) is -0.00857. The van der Waals surface area contributed by atoms with Gasteiger partial charge in [0.2, 0.25) is 0 Å². The number of carbonyl (C=O) groups excluding carboxylic acids is 2. The fourth-order valence-electron chi connectivity index (χ4n) is 2.24. The second kappa shape index (κ2) is 7.81. The van der Waals surface area contributed by atoms with E-state index in [1.165, 1.54) is 6.08 Å². The van der Waals surface area contributed by atoms with Gasteiger partial charge in [-0.3, -0.25) is 9.59 Å². The van der Waals surface area contributed by atoms with Crippen molar-refractivity contribution < 1.29 is 19.1 Å². The molecule has 0 radical (unpaired) electrons. The minimum atomic E-state index is -0.00857. The molecular weight excluding hydrogens is 260 g/mol. The van der Waals surface area contributed by atoms with E-state index in [0.717, 1.165) is 0 Å². The lowest BCUT2D eigenvalue weighted by molar-refractivity contribution is -0.133. The summed E-state index contributed by atoms with van der Waals surface area (Å²) in [4.78, 5) is 26.8. The van der Waals surface area contributed by atoms with Gasteiger partial charge in [-0.25, -0.2) is 0 Å². The molecule has 2 aliphatic rings. The van der Waals surface area contributed by atoms with Crippen molar-refractivity contribution in [3.63, 3.8) is 0 Å². The van der Waals surface area contributed by atoms with E-state index in [0.29, 0.717) is 64.6 Å². The van der Waals surface area contributed by atoms with E-state index >= 15 is 0 Å². The quantitative estimate of drug-likeness (QED) is 0.406. The van der Waals surface area contributed by atoms with Gasteiger partial charge in [0.1, 0.15) is 12.0 Å². The lowest BCUT2D eigenvalue weighted by Crippen LogP contribution is -2.46. The van der Waals surface area contributed by atoms with E-state index in [9.17, 15) is 9.59 Å². The molecule has 2 saturated heterocycles. The van der Waals surface area contributed by atoms with Gasteiger partial charge in [0, 0.05) is 26.2 Å². The van der Waals surface area contributed by atoms with Crippen LogP contribution in [0.5, 0.6) is 0 Å². The number of ether oxygens (including phenoxy) is 2. The van der Waals surface area contributed by atoms with Gasteiger partial charge in [0.15, 0.2) is 0 Å². The average Bonchev–Trinajstić information content (AvgIpc) is 2.53. The maximum Gasteiger partial charge on any atom is 0.270 e. The second-order valence-corrected chi connectivity index (χ2v) is 4.58. The number of nitrogens with zero attached hydrogens (tertiary/aromatic N) is 2. The molecule has 0 aromatic rings. The van der Waals surface area contributed by atoms with Crippen LogP contribution in [0.1, 0.15) is 0 Å². The molecule has 0 N–H and O–H groups in total. The zero-order valence-electron chi connectivity index (χ0n) is 11.5. The molecule has 0 atom stereocenters. The highest BCUT2D eigenvalue weighted by Gasteiger charge is 2.25. The van der Waals surface area contributed by atoms with Crippen molar-refractivity contribution in [2.24, 2.45) is 0 Å². The van der Waals surface area contributed by atoms with Crippen LogP contribution in [0.25, 0.3) is 0 Å². The summed E-state index contributed by atoms with van der Waals surface area (Å²) in [7, 11) is 0. The van der Waals surface area contributed by atoms with Crippen LogP contribution >= 0.6 is 0 Å². The predicted octanol–water partition coefficient (Wildman–Crippen LogP) is -0.184. The minimum absolute atomic E-state index is 0.00857. The molecule has 6 heteroatoms. The molecule has 0 aromatic carbocycles. The Kier molecular flexibility index (Phi) is 5.76. The first-order valence-corrected chi connectivity index (χ1v) is 6.85. The number of amides is 1. The number of carbonyl (C=O) groups is 2. The molecule has 6 nitrogen and oxygen atoms in total. The van der Waals surface area contributed by atoms with E-state index in [1.54, 1.807) is 17.1 Å². The normalized spacial score (nSPS) is 21.3. The molecule has 2 rings (SSSR count). The van der Waals surface area contributed by atoms with Gasteiger partial charge in [0.25, 0.3) is 5.91 Å². The Morgan fingerprint density at radius 3 is 1.95 bits per heavy atom. The van der Waals surface area contributed by atoms with Crippen molar-refractivity contribution in [1.29, 1.82) is 0 Å². The number of allylic oxidation sites excluding steroid dienone is 3. The number of aldehydes is 1. The minimum Gasteiger partial charge on any atom is -0.378 e. The molecule has 110 valence electrons. The lowest BCUT2D eigenvalue weighted by Gasteiger charge is -2.34. The van der Waals surface area contributed by atoms with Crippen LogP contribution in [0.3, 0.4) is 0 Å². The SMILES string of the molecule is O=CC=CC=C(C(=O)N1CCOCC1)N1CCOCC1. The summed E-state index contributed by atoms with van der Waals surface area (Å²) in [5, 5.41) is 0. The molecule has 1 amide bonds. The van der Waals surface area contributed by atoms with Crippen LogP contribution in [0.4, 0.5) is 0 Å². The van der Waals surface area contributed by atoms with Gasteiger partial charge in [-0.1, -0.05) is 6.08 Å². The van der Waals surface area contributed by atoms with Gasteiger partial charge in [0.05, 0.1) is 26.4 Å². The highest BCUT2D eigenvalue weighted by molar-refractivity contribution is 5.93. The summed E-state index contributed by atoms with van der Waals surface area (Å²) < 4.78 is 10.6. The number of hydrogen-bond donors (Lipinski definition) is 0. The first-order valence-electron chi connectivity index (χ1n) is 6.85. The first-order chi connectivity index (χ1) is 9.83. The van der Waals surface area contributed by atoms with Gasteiger partial charge >= 0.3 is 0 Å². The van der Waals surface area contributed by atoms with E-state index in [4.69, 9.17) is 9.47 Å². The molecule has 0 saturated carbocycles. The topological polar surface area (TPSA) is 59.1 Å². The maximum absolute atomic E-state index is 12.6. The lowest BCUT2D eigenvalue weighted by atomic mass is 10.2. The largest absolute Gasteiger partial charge is 0.378 e. The van der Waals surface area contributed by atoms with Crippen LogP contribution in [0.2, 0.25) is 0 Å². The molecule has 2 aliphatic heterocycles. The predicted molar refractivity (Wildman–Crippen MR) is 73.1 cm³/mol. The first kappa shape index (κ1) is 14.7. The van der Waals surface area contributed by atoms with Gasteiger partial charge < -0.3 is 19.3 Å². The molecule has 20 heavy (non-hydrogen) atoms. The van der Waals surface area contributed by atoms with Gasteiger partial charge in [-0.2, -0.15) is 0 Å². The zero-order valence-corrected chi connectivity index (χ0v) is 11.5. The molecule has 0 unspecified atom stereocenters. The fraction of sp³-hybridized carbons (Fsp3) is 0.571. The van der Waals surface area contributed by atoms with E-state index in [2.05, 4.69) is 0 Å². The van der Waals surface area contributed by atoms with Crippen molar-refractivity contribution in [3.05, 3.63) is 23.9 Å². The Morgan fingerprint density at radius 1 is 0.850 bits per heavy atom. The molecule has 0 aromatic heterocycles. The van der Waals surface area contributed by atoms with Crippen molar-refractivity contribution in [2.75, 3.05) is 52.6 Å².